The highest BCUT2D eigenvalue weighted by atomic mass is 79.9. The molecule has 2 heterocycles. The number of halogens is 1. The largest absolute Gasteiger partial charge is 0.481 e. The number of hydrogen-bond donors (Lipinski definition) is 1. The molecule has 0 radical (unpaired) electrons. The summed E-state index contributed by atoms with van der Waals surface area (Å²) in [6, 6.07) is 1.83. The molecule has 0 saturated carbocycles. The van der Waals surface area contributed by atoms with Crippen LogP contribution in [0.3, 0.4) is 0 Å². The second-order valence-electron chi connectivity index (χ2n) is 5.19. The summed E-state index contributed by atoms with van der Waals surface area (Å²) in [5.74, 6) is -0.872. The fourth-order valence-electron chi connectivity index (χ4n) is 2.49. The number of likely N-dealkylation sites (tertiary alicyclic amines) is 1. The van der Waals surface area contributed by atoms with Crippen molar-refractivity contribution in [1.82, 2.24) is 4.90 Å². The summed E-state index contributed by atoms with van der Waals surface area (Å²) in [4.78, 5) is 26.2. The number of hydrogen-bond acceptors (Lipinski definition) is 3. The molecule has 0 aromatic carbocycles. The second-order valence-corrected chi connectivity index (χ2v) is 6.96. The maximum absolute atomic E-state index is 12.4. The van der Waals surface area contributed by atoms with Crippen molar-refractivity contribution in [2.75, 3.05) is 13.1 Å². The Hall–Kier alpha value is -0.880. The van der Waals surface area contributed by atoms with Crippen molar-refractivity contribution < 1.29 is 14.7 Å². The molecule has 4 nitrogen and oxygen atoms in total. The molecule has 1 atom stereocenters. The smallest absolute Gasteiger partial charge is 0.311 e. The first-order chi connectivity index (χ1) is 8.88. The molecule has 2 rings (SSSR count). The molecule has 1 unspecified atom stereocenters. The minimum absolute atomic E-state index is 0.00887. The molecule has 0 aliphatic carbocycles. The van der Waals surface area contributed by atoms with Crippen molar-refractivity contribution in [3.8, 4) is 0 Å². The van der Waals surface area contributed by atoms with E-state index in [1.54, 1.807) is 4.90 Å². The number of nitrogens with zero attached hydrogens (tertiary/aromatic N) is 1. The van der Waals surface area contributed by atoms with Gasteiger partial charge < -0.3 is 10.0 Å². The van der Waals surface area contributed by atoms with Crippen molar-refractivity contribution in [2.45, 2.75) is 20.3 Å². The molecule has 1 amide bonds. The third kappa shape index (κ3) is 2.43. The monoisotopic (exact) mass is 345 g/mol. The maximum Gasteiger partial charge on any atom is 0.311 e. The van der Waals surface area contributed by atoms with E-state index in [-0.39, 0.29) is 11.8 Å². The highest BCUT2D eigenvalue weighted by molar-refractivity contribution is 9.10. The van der Waals surface area contributed by atoms with Crippen LogP contribution in [-0.4, -0.2) is 35.0 Å². The quantitative estimate of drug-likeness (QED) is 0.915. The van der Waals surface area contributed by atoms with E-state index in [2.05, 4.69) is 15.9 Å². The zero-order valence-electron chi connectivity index (χ0n) is 10.9. The maximum atomic E-state index is 12.4. The van der Waals surface area contributed by atoms with Crippen LogP contribution >= 0.6 is 27.3 Å². The highest BCUT2D eigenvalue weighted by Gasteiger charge is 2.48. The first-order valence-corrected chi connectivity index (χ1v) is 7.81. The van der Waals surface area contributed by atoms with Crippen LogP contribution in [0, 0.1) is 11.3 Å². The van der Waals surface area contributed by atoms with E-state index in [0.717, 1.165) is 4.47 Å². The zero-order chi connectivity index (χ0) is 14.2. The summed E-state index contributed by atoms with van der Waals surface area (Å²) in [5, 5.41) is 11.3. The lowest BCUT2D eigenvalue weighted by Crippen LogP contribution is -2.40. The zero-order valence-corrected chi connectivity index (χ0v) is 13.3. The van der Waals surface area contributed by atoms with Gasteiger partial charge in [-0.05, 0) is 39.7 Å². The molecule has 1 saturated heterocycles. The predicted octanol–water partition coefficient (Wildman–Crippen LogP) is 3.08. The van der Waals surface area contributed by atoms with Crippen molar-refractivity contribution >= 4 is 39.1 Å². The van der Waals surface area contributed by atoms with Crippen LogP contribution in [-0.2, 0) is 4.79 Å². The summed E-state index contributed by atoms with van der Waals surface area (Å²) in [7, 11) is 0. The van der Waals surface area contributed by atoms with E-state index < -0.39 is 11.4 Å². The Bertz CT molecular complexity index is 514. The standard InChI is InChI=1S/C13H16BrNO3S/c1-8(2)13(12(17)18)4-5-15(7-13)11(16)10-9(14)3-6-19-10/h3,6,8H,4-5,7H2,1-2H3,(H,17,18). The summed E-state index contributed by atoms with van der Waals surface area (Å²) < 4.78 is 0.778. The first-order valence-electron chi connectivity index (χ1n) is 6.14. The Morgan fingerprint density at radius 2 is 2.21 bits per heavy atom. The van der Waals surface area contributed by atoms with Gasteiger partial charge in [-0.2, -0.15) is 0 Å². The molecule has 1 fully saturated rings. The molecule has 0 spiro atoms. The van der Waals surface area contributed by atoms with Gasteiger partial charge in [-0.25, -0.2) is 0 Å². The normalized spacial score (nSPS) is 23.1. The van der Waals surface area contributed by atoms with Crippen LogP contribution in [0.25, 0.3) is 0 Å². The number of carbonyl (C=O) groups excluding carboxylic acids is 1. The van der Waals surface area contributed by atoms with Crippen LogP contribution < -0.4 is 0 Å². The summed E-state index contributed by atoms with van der Waals surface area (Å²) in [6.45, 7) is 4.61. The number of carboxylic acids is 1. The van der Waals surface area contributed by atoms with Gasteiger partial charge in [0.05, 0.1) is 5.41 Å². The van der Waals surface area contributed by atoms with Gasteiger partial charge in [0.15, 0.2) is 0 Å². The van der Waals surface area contributed by atoms with E-state index in [4.69, 9.17) is 0 Å². The second kappa shape index (κ2) is 5.25. The van der Waals surface area contributed by atoms with E-state index in [0.29, 0.717) is 24.4 Å². The van der Waals surface area contributed by atoms with Crippen molar-refractivity contribution in [3.63, 3.8) is 0 Å². The Labute approximate surface area is 124 Å². The van der Waals surface area contributed by atoms with Gasteiger partial charge in [0.2, 0.25) is 0 Å². The number of carboxylic acid groups (broad SMARTS) is 1. The average molecular weight is 346 g/mol. The van der Waals surface area contributed by atoms with Gasteiger partial charge in [-0.15, -0.1) is 11.3 Å². The Morgan fingerprint density at radius 3 is 2.63 bits per heavy atom. The number of aliphatic carboxylic acids is 1. The lowest BCUT2D eigenvalue weighted by atomic mass is 9.76. The number of carbonyl (C=O) groups is 2. The molecular weight excluding hydrogens is 330 g/mol. The molecule has 6 heteroatoms. The van der Waals surface area contributed by atoms with E-state index in [1.165, 1.54) is 11.3 Å². The van der Waals surface area contributed by atoms with Crippen LogP contribution in [0.15, 0.2) is 15.9 Å². The van der Waals surface area contributed by atoms with Crippen molar-refractivity contribution in [3.05, 3.63) is 20.8 Å². The lowest BCUT2D eigenvalue weighted by Gasteiger charge is -2.28. The molecule has 19 heavy (non-hydrogen) atoms. The Kier molecular flexibility index (Phi) is 4.01. The van der Waals surface area contributed by atoms with Crippen molar-refractivity contribution in [2.24, 2.45) is 11.3 Å². The molecular formula is C13H16BrNO3S. The summed E-state index contributed by atoms with van der Waals surface area (Å²) >= 11 is 4.72. The fourth-order valence-corrected chi connectivity index (χ4v) is 4.00. The topological polar surface area (TPSA) is 57.6 Å². The van der Waals surface area contributed by atoms with Gasteiger partial charge >= 0.3 is 5.97 Å². The minimum atomic E-state index is -0.806. The van der Waals surface area contributed by atoms with Gasteiger partial charge in [-0.1, -0.05) is 13.8 Å². The Morgan fingerprint density at radius 1 is 1.53 bits per heavy atom. The van der Waals surface area contributed by atoms with E-state index in [9.17, 15) is 14.7 Å². The van der Waals surface area contributed by atoms with Crippen LogP contribution in [0.5, 0.6) is 0 Å². The number of thiophene rings is 1. The highest BCUT2D eigenvalue weighted by Crippen LogP contribution is 2.39. The minimum Gasteiger partial charge on any atom is -0.481 e. The van der Waals surface area contributed by atoms with Gasteiger partial charge in [0.1, 0.15) is 4.88 Å². The number of amides is 1. The summed E-state index contributed by atoms with van der Waals surface area (Å²) in [6.07, 6.45) is 0.523. The van der Waals surface area contributed by atoms with Gasteiger partial charge in [-0.3, -0.25) is 9.59 Å². The predicted molar refractivity (Wildman–Crippen MR) is 77.4 cm³/mol. The number of rotatable bonds is 3. The molecule has 1 N–H and O–H groups in total. The van der Waals surface area contributed by atoms with E-state index in [1.807, 2.05) is 25.3 Å². The average Bonchev–Trinajstić information content (AvgIpc) is 2.94. The molecule has 1 aromatic heterocycles. The fraction of sp³-hybridized carbons (Fsp3) is 0.538. The third-order valence-electron chi connectivity index (χ3n) is 3.93. The Balaban J connectivity index is 2.20. The van der Waals surface area contributed by atoms with Crippen LogP contribution in [0.4, 0.5) is 0 Å². The third-order valence-corrected chi connectivity index (χ3v) is 5.76. The summed E-state index contributed by atoms with van der Waals surface area (Å²) in [5.41, 5.74) is -0.806. The lowest BCUT2D eigenvalue weighted by molar-refractivity contribution is -0.150. The van der Waals surface area contributed by atoms with Gasteiger partial charge in [0, 0.05) is 17.6 Å². The molecule has 104 valence electrons. The molecule has 1 aromatic rings. The van der Waals surface area contributed by atoms with Crippen LogP contribution in [0.1, 0.15) is 29.9 Å². The molecule has 1 aliphatic heterocycles. The molecule has 1 aliphatic rings. The SMILES string of the molecule is CC(C)C1(C(=O)O)CCN(C(=O)c2sccc2Br)C1. The van der Waals surface area contributed by atoms with Crippen molar-refractivity contribution in [1.29, 1.82) is 0 Å². The van der Waals surface area contributed by atoms with Gasteiger partial charge in [0.25, 0.3) is 5.91 Å². The first kappa shape index (κ1) is 14.5. The van der Waals surface area contributed by atoms with E-state index >= 15 is 0 Å². The molecule has 0 bridgehead atoms. The van der Waals surface area contributed by atoms with Crippen LogP contribution in [0.2, 0.25) is 0 Å².